The Morgan fingerprint density at radius 3 is 2.39 bits per heavy atom. The molecule has 98 valence electrons. The van der Waals surface area contributed by atoms with Gasteiger partial charge in [-0.2, -0.15) is 0 Å². The Morgan fingerprint density at radius 2 is 1.89 bits per heavy atom. The Hall–Kier alpha value is -1.07. The van der Waals surface area contributed by atoms with Crippen LogP contribution in [0.3, 0.4) is 0 Å². The van der Waals surface area contributed by atoms with Gasteiger partial charge in [0.1, 0.15) is 0 Å². The average Bonchev–Trinajstić information content (AvgIpc) is 2.31. The molecule has 0 saturated heterocycles. The third-order valence-electron chi connectivity index (χ3n) is 2.38. The SMILES string of the molecule is CN(C)C(=O)CN(C)C(=O)c1ccc(Br)c(Cl)c1. The van der Waals surface area contributed by atoms with Crippen molar-refractivity contribution in [1.82, 2.24) is 9.80 Å². The Kier molecular flexibility index (Phi) is 5.16. The third-order valence-corrected chi connectivity index (χ3v) is 3.62. The molecule has 1 rings (SSSR count). The summed E-state index contributed by atoms with van der Waals surface area (Å²) in [5, 5.41) is 0.466. The number of hydrogen-bond acceptors (Lipinski definition) is 2. The van der Waals surface area contributed by atoms with Gasteiger partial charge in [-0.3, -0.25) is 9.59 Å². The lowest BCUT2D eigenvalue weighted by Gasteiger charge is -2.19. The van der Waals surface area contributed by atoms with Crippen LogP contribution < -0.4 is 0 Å². The largest absolute Gasteiger partial charge is 0.347 e. The molecule has 2 amide bonds. The van der Waals surface area contributed by atoms with Gasteiger partial charge >= 0.3 is 0 Å². The van der Waals surface area contributed by atoms with Crippen LogP contribution >= 0.6 is 27.5 Å². The summed E-state index contributed by atoms with van der Waals surface area (Å²) in [5.74, 6) is -0.367. The van der Waals surface area contributed by atoms with Crippen molar-refractivity contribution in [3.63, 3.8) is 0 Å². The number of nitrogens with zero attached hydrogens (tertiary/aromatic N) is 2. The van der Waals surface area contributed by atoms with Crippen molar-refractivity contribution >= 4 is 39.3 Å². The number of carbonyl (C=O) groups is 2. The monoisotopic (exact) mass is 332 g/mol. The van der Waals surface area contributed by atoms with E-state index in [1.54, 1.807) is 39.3 Å². The minimum absolute atomic E-state index is 0.0412. The highest BCUT2D eigenvalue weighted by atomic mass is 79.9. The summed E-state index contributed by atoms with van der Waals surface area (Å²) in [7, 11) is 4.88. The molecule has 0 aliphatic heterocycles. The second-order valence-electron chi connectivity index (χ2n) is 4.08. The quantitative estimate of drug-likeness (QED) is 0.851. The van der Waals surface area contributed by atoms with E-state index in [4.69, 9.17) is 11.6 Å². The van der Waals surface area contributed by atoms with Crippen molar-refractivity contribution in [2.45, 2.75) is 0 Å². The Morgan fingerprint density at radius 1 is 1.28 bits per heavy atom. The molecule has 0 aromatic heterocycles. The zero-order chi connectivity index (χ0) is 13.9. The second kappa shape index (κ2) is 6.20. The van der Waals surface area contributed by atoms with Crippen LogP contribution in [0.15, 0.2) is 22.7 Å². The number of carbonyl (C=O) groups excluding carboxylic acids is 2. The second-order valence-corrected chi connectivity index (χ2v) is 5.34. The molecule has 0 heterocycles. The Balaban J connectivity index is 2.80. The van der Waals surface area contributed by atoms with Gasteiger partial charge in [0.25, 0.3) is 5.91 Å². The molecule has 18 heavy (non-hydrogen) atoms. The predicted molar refractivity (Wildman–Crippen MR) is 74.8 cm³/mol. The fraction of sp³-hybridized carbons (Fsp3) is 0.333. The molecule has 6 heteroatoms. The standard InChI is InChI=1S/C12H14BrClN2O2/c1-15(2)11(17)7-16(3)12(18)8-4-5-9(13)10(14)6-8/h4-6H,7H2,1-3H3. The van der Waals surface area contributed by atoms with E-state index >= 15 is 0 Å². The average molecular weight is 334 g/mol. The summed E-state index contributed by atoms with van der Waals surface area (Å²) in [6, 6.07) is 4.94. The van der Waals surface area contributed by atoms with E-state index in [1.807, 2.05) is 0 Å². The van der Waals surface area contributed by atoms with Crippen molar-refractivity contribution in [2.75, 3.05) is 27.7 Å². The maximum atomic E-state index is 12.0. The maximum absolute atomic E-state index is 12.0. The van der Waals surface area contributed by atoms with E-state index in [-0.39, 0.29) is 18.4 Å². The predicted octanol–water partition coefficient (Wildman–Crippen LogP) is 2.26. The molecular formula is C12H14BrClN2O2. The molecule has 1 aromatic carbocycles. The van der Waals surface area contributed by atoms with Gasteiger partial charge in [-0.25, -0.2) is 0 Å². The molecule has 0 aliphatic carbocycles. The van der Waals surface area contributed by atoms with Gasteiger partial charge in [-0.15, -0.1) is 0 Å². The fourth-order valence-corrected chi connectivity index (χ4v) is 1.69. The molecule has 0 fully saturated rings. The summed E-state index contributed by atoms with van der Waals surface area (Å²) in [6.45, 7) is 0.0412. The fourth-order valence-electron chi connectivity index (χ4n) is 1.27. The number of benzene rings is 1. The van der Waals surface area contributed by atoms with Gasteiger partial charge in [-0.05, 0) is 34.1 Å². The van der Waals surface area contributed by atoms with Gasteiger partial charge in [-0.1, -0.05) is 11.6 Å². The zero-order valence-corrected chi connectivity index (χ0v) is 12.7. The molecule has 0 atom stereocenters. The van der Waals surface area contributed by atoms with E-state index in [2.05, 4.69) is 15.9 Å². The lowest BCUT2D eigenvalue weighted by atomic mass is 10.2. The van der Waals surface area contributed by atoms with Crippen LogP contribution in [0.25, 0.3) is 0 Å². The molecule has 4 nitrogen and oxygen atoms in total. The summed E-state index contributed by atoms with van der Waals surface area (Å²) in [5.41, 5.74) is 0.456. The Labute approximate surface area is 120 Å². The molecule has 0 spiro atoms. The van der Waals surface area contributed by atoms with Gasteiger partial charge in [0.2, 0.25) is 5.91 Å². The molecule has 1 aromatic rings. The maximum Gasteiger partial charge on any atom is 0.254 e. The van der Waals surface area contributed by atoms with Crippen molar-refractivity contribution in [2.24, 2.45) is 0 Å². The zero-order valence-electron chi connectivity index (χ0n) is 10.4. The van der Waals surface area contributed by atoms with Crippen LogP contribution in [0, 0.1) is 0 Å². The first-order chi connectivity index (χ1) is 8.32. The molecule has 0 bridgehead atoms. The van der Waals surface area contributed by atoms with Crippen LogP contribution in [0.1, 0.15) is 10.4 Å². The molecular weight excluding hydrogens is 320 g/mol. The number of rotatable bonds is 3. The topological polar surface area (TPSA) is 40.6 Å². The van der Waals surface area contributed by atoms with E-state index in [1.165, 1.54) is 9.80 Å². The number of halogens is 2. The highest BCUT2D eigenvalue weighted by Gasteiger charge is 2.16. The highest BCUT2D eigenvalue weighted by Crippen LogP contribution is 2.23. The van der Waals surface area contributed by atoms with Crippen LogP contribution in [-0.4, -0.2) is 49.3 Å². The Bertz CT molecular complexity index is 477. The normalized spacial score (nSPS) is 10.1. The number of likely N-dealkylation sites (N-methyl/N-ethyl adjacent to an activating group) is 2. The van der Waals surface area contributed by atoms with Crippen molar-refractivity contribution in [1.29, 1.82) is 0 Å². The van der Waals surface area contributed by atoms with E-state index in [9.17, 15) is 9.59 Å². The van der Waals surface area contributed by atoms with Gasteiger partial charge in [0, 0.05) is 31.2 Å². The smallest absolute Gasteiger partial charge is 0.254 e. The third kappa shape index (κ3) is 3.71. The van der Waals surface area contributed by atoms with Crippen LogP contribution in [0.2, 0.25) is 5.02 Å². The molecule has 0 aliphatic rings. The minimum atomic E-state index is -0.236. The van der Waals surface area contributed by atoms with Crippen molar-refractivity contribution in [3.8, 4) is 0 Å². The summed E-state index contributed by atoms with van der Waals surface area (Å²) < 4.78 is 0.729. The first kappa shape index (κ1) is 15.0. The first-order valence-corrected chi connectivity index (χ1v) is 6.40. The van der Waals surface area contributed by atoms with Gasteiger partial charge < -0.3 is 9.80 Å². The molecule has 0 saturated carbocycles. The molecule has 0 radical (unpaired) electrons. The van der Waals surface area contributed by atoms with E-state index in [0.29, 0.717) is 10.6 Å². The lowest BCUT2D eigenvalue weighted by molar-refractivity contribution is -0.129. The first-order valence-electron chi connectivity index (χ1n) is 5.23. The minimum Gasteiger partial charge on any atom is -0.347 e. The summed E-state index contributed by atoms with van der Waals surface area (Å²) in [6.07, 6.45) is 0. The number of hydrogen-bond donors (Lipinski definition) is 0. The van der Waals surface area contributed by atoms with E-state index < -0.39 is 0 Å². The van der Waals surface area contributed by atoms with Crippen LogP contribution in [0.5, 0.6) is 0 Å². The molecule has 0 N–H and O–H groups in total. The summed E-state index contributed by atoms with van der Waals surface area (Å²) in [4.78, 5) is 26.4. The van der Waals surface area contributed by atoms with Crippen LogP contribution in [0.4, 0.5) is 0 Å². The van der Waals surface area contributed by atoms with E-state index in [0.717, 1.165) is 4.47 Å². The van der Waals surface area contributed by atoms with Crippen molar-refractivity contribution in [3.05, 3.63) is 33.3 Å². The molecule has 0 unspecified atom stereocenters. The number of amides is 2. The van der Waals surface area contributed by atoms with Gasteiger partial charge in [0.05, 0.1) is 11.6 Å². The van der Waals surface area contributed by atoms with Crippen LogP contribution in [-0.2, 0) is 4.79 Å². The van der Waals surface area contributed by atoms with Crippen molar-refractivity contribution < 1.29 is 9.59 Å². The lowest BCUT2D eigenvalue weighted by Crippen LogP contribution is -2.37. The highest BCUT2D eigenvalue weighted by molar-refractivity contribution is 9.10. The van der Waals surface area contributed by atoms with Gasteiger partial charge in [0.15, 0.2) is 0 Å². The summed E-state index contributed by atoms with van der Waals surface area (Å²) >= 11 is 9.18.